The summed E-state index contributed by atoms with van der Waals surface area (Å²) < 4.78 is 16.7. The van der Waals surface area contributed by atoms with E-state index in [1.54, 1.807) is 25.7 Å². The molecule has 240 valence electrons. The van der Waals surface area contributed by atoms with E-state index in [2.05, 4.69) is 37.2 Å². The maximum Gasteiger partial charge on any atom is 0.410 e. The Hall–Kier alpha value is -3.75. The molecule has 0 radical (unpaired) electrons. The second-order valence-corrected chi connectivity index (χ2v) is 13.2. The standard InChI is InChI=1S/C35H49N3O6/c1-23-26-18-19-38(33(40)30(21-32(39)42-8)37(7)34(41)44-35(2,3)4)28(26)16-17-31(23)43-22-24-14-15-27(29(20-24)36(5)6)25-12-10-9-11-13-25/h14-17,20,25,30H,9-13,18-19,21-22H2,1-8H3/t30-/m1/s1. The van der Waals surface area contributed by atoms with Crippen LogP contribution in [-0.2, 0) is 32.1 Å². The summed E-state index contributed by atoms with van der Waals surface area (Å²) in [7, 11) is 6.94. The van der Waals surface area contributed by atoms with Crippen molar-refractivity contribution in [2.24, 2.45) is 0 Å². The van der Waals surface area contributed by atoms with Crippen LogP contribution in [-0.4, -0.2) is 69.3 Å². The Kier molecular flexibility index (Phi) is 10.5. The molecule has 0 N–H and O–H groups in total. The number of carbonyl (C=O) groups excluding carboxylic acids is 3. The molecule has 1 fully saturated rings. The number of carbonyl (C=O) groups is 3. The number of anilines is 2. The first kappa shape index (κ1) is 33.1. The van der Waals surface area contributed by atoms with Crippen molar-refractivity contribution >= 4 is 29.3 Å². The molecule has 0 bridgehead atoms. The summed E-state index contributed by atoms with van der Waals surface area (Å²) in [5.41, 5.74) is 5.82. The third-order valence-corrected chi connectivity index (χ3v) is 8.70. The number of methoxy groups -OCH3 is 1. The first-order valence-electron chi connectivity index (χ1n) is 15.7. The molecule has 2 aliphatic rings. The van der Waals surface area contributed by atoms with E-state index in [4.69, 9.17) is 14.2 Å². The molecular formula is C35H49N3O6. The topological polar surface area (TPSA) is 88.6 Å². The number of amides is 2. The number of nitrogens with zero attached hydrogens (tertiary/aromatic N) is 3. The van der Waals surface area contributed by atoms with E-state index in [1.807, 2.05) is 19.1 Å². The average Bonchev–Trinajstić information content (AvgIpc) is 3.43. The van der Waals surface area contributed by atoms with Crippen LogP contribution in [0.25, 0.3) is 0 Å². The quantitative estimate of drug-likeness (QED) is 0.306. The van der Waals surface area contributed by atoms with Crippen LogP contribution in [0.3, 0.4) is 0 Å². The van der Waals surface area contributed by atoms with Crippen LogP contribution in [0.1, 0.15) is 87.5 Å². The predicted octanol–water partition coefficient (Wildman–Crippen LogP) is 6.38. The molecule has 2 aromatic rings. The van der Waals surface area contributed by atoms with Gasteiger partial charge in [0.1, 0.15) is 24.0 Å². The Morgan fingerprint density at radius 3 is 2.36 bits per heavy atom. The van der Waals surface area contributed by atoms with E-state index in [9.17, 15) is 14.4 Å². The van der Waals surface area contributed by atoms with Crippen molar-refractivity contribution in [1.29, 1.82) is 0 Å². The van der Waals surface area contributed by atoms with Crippen molar-refractivity contribution in [2.45, 2.75) is 96.8 Å². The molecule has 1 heterocycles. The maximum absolute atomic E-state index is 13.8. The Morgan fingerprint density at radius 1 is 1.02 bits per heavy atom. The SMILES string of the molecule is COC(=O)C[C@H](C(=O)N1CCc2c1ccc(OCc1ccc(C3CCCCC3)c(N(C)C)c1)c2C)N(C)C(=O)OC(C)(C)C. The van der Waals surface area contributed by atoms with Gasteiger partial charge in [0.05, 0.1) is 13.5 Å². The third-order valence-electron chi connectivity index (χ3n) is 8.70. The third kappa shape index (κ3) is 7.66. The molecule has 4 rings (SSSR count). The predicted molar refractivity (Wildman–Crippen MR) is 173 cm³/mol. The van der Waals surface area contributed by atoms with Gasteiger partial charge in [0, 0.05) is 39.1 Å². The second-order valence-electron chi connectivity index (χ2n) is 13.2. The van der Waals surface area contributed by atoms with Gasteiger partial charge in [0.2, 0.25) is 0 Å². The van der Waals surface area contributed by atoms with Gasteiger partial charge >= 0.3 is 12.1 Å². The van der Waals surface area contributed by atoms with E-state index < -0.39 is 23.7 Å². The Morgan fingerprint density at radius 2 is 1.73 bits per heavy atom. The van der Waals surface area contributed by atoms with E-state index in [1.165, 1.54) is 62.4 Å². The van der Waals surface area contributed by atoms with Crippen molar-refractivity contribution in [3.8, 4) is 5.75 Å². The van der Waals surface area contributed by atoms with Gasteiger partial charge in [-0.15, -0.1) is 0 Å². The van der Waals surface area contributed by atoms with Crippen LogP contribution in [0, 0.1) is 6.92 Å². The lowest BCUT2D eigenvalue weighted by Gasteiger charge is -2.32. The molecule has 2 aromatic carbocycles. The Balaban J connectivity index is 1.51. The minimum atomic E-state index is -1.07. The highest BCUT2D eigenvalue weighted by Crippen LogP contribution is 2.39. The first-order chi connectivity index (χ1) is 20.8. The number of hydrogen-bond donors (Lipinski definition) is 0. The molecule has 1 atom stereocenters. The molecule has 0 saturated heterocycles. The van der Waals surface area contributed by atoms with Gasteiger partial charge in [0.25, 0.3) is 5.91 Å². The van der Waals surface area contributed by atoms with Crippen molar-refractivity contribution in [1.82, 2.24) is 4.90 Å². The molecular weight excluding hydrogens is 558 g/mol. The molecule has 44 heavy (non-hydrogen) atoms. The molecule has 9 nitrogen and oxygen atoms in total. The summed E-state index contributed by atoms with van der Waals surface area (Å²) in [4.78, 5) is 44.0. The lowest BCUT2D eigenvalue weighted by Crippen LogP contribution is -2.51. The number of hydrogen-bond acceptors (Lipinski definition) is 7. The smallest absolute Gasteiger partial charge is 0.410 e. The highest BCUT2D eigenvalue weighted by atomic mass is 16.6. The number of ether oxygens (including phenoxy) is 3. The minimum Gasteiger partial charge on any atom is -0.489 e. The molecule has 0 unspecified atom stereocenters. The molecule has 1 aliphatic carbocycles. The summed E-state index contributed by atoms with van der Waals surface area (Å²) in [6, 6.07) is 9.43. The van der Waals surface area contributed by atoms with Gasteiger partial charge in [-0.3, -0.25) is 14.5 Å². The van der Waals surface area contributed by atoms with Crippen molar-refractivity contribution in [2.75, 3.05) is 44.6 Å². The maximum atomic E-state index is 13.8. The van der Waals surface area contributed by atoms with Crippen LogP contribution in [0.15, 0.2) is 30.3 Å². The van der Waals surface area contributed by atoms with Crippen LogP contribution in [0.4, 0.5) is 16.2 Å². The zero-order valence-corrected chi connectivity index (χ0v) is 27.7. The van der Waals surface area contributed by atoms with E-state index in [0.29, 0.717) is 25.5 Å². The lowest BCUT2D eigenvalue weighted by molar-refractivity contribution is -0.144. The largest absolute Gasteiger partial charge is 0.489 e. The highest BCUT2D eigenvalue weighted by Gasteiger charge is 2.38. The van der Waals surface area contributed by atoms with Crippen molar-refractivity contribution in [3.63, 3.8) is 0 Å². The van der Waals surface area contributed by atoms with Gasteiger partial charge in [-0.25, -0.2) is 4.79 Å². The zero-order chi connectivity index (χ0) is 32.2. The van der Waals surface area contributed by atoms with Gasteiger partial charge in [-0.2, -0.15) is 0 Å². The monoisotopic (exact) mass is 607 g/mol. The van der Waals surface area contributed by atoms with E-state index in [0.717, 1.165) is 28.1 Å². The number of rotatable bonds is 9. The highest BCUT2D eigenvalue weighted by molar-refractivity contribution is 6.02. The summed E-state index contributed by atoms with van der Waals surface area (Å²) in [5, 5.41) is 0. The number of esters is 1. The van der Waals surface area contributed by atoms with Crippen LogP contribution >= 0.6 is 0 Å². The molecule has 1 aliphatic heterocycles. The van der Waals surface area contributed by atoms with Crippen LogP contribution < -0.4 is 14.5 Å². The van der Waals surface area contributed by atoms with Gasteiger partial charge < -0.3 is 24.0 Å². The van der Waals surface area contributed by atoms with Crippen LogP contribution in [0.5, 0.6) is 5.75 Å². The first-order valence-corrected chi connectivity index (χ1v) is 15.7. The van der Waals surface area contributed by atoms with E-state index >= 15 is 0 Å². The molecule has 0 spiro atoms. The number of likely N-dealkylation sites (N-methyl/N-ethyl adjacent to an activating group) is 1. The second kappa shape index (κ2) is 13.9. The summed E-state index contributed by atoms with van der Waals surface area (Å²) in [5.74, 6) is 0.460. The molecule has 2 amide bonds. The van der Waals surface area contributed by atoms with E-state index in [-0.39, 0.29) is 12.3 Å². The van der Waals surface area contributed by atoms with Gasteiger partial charge in [-0.05, 0) is 93.3 Å². The molecule has 0 aromatic heterocycles. The zero-order valence-electron chi connectivity index (χ0n) is 27.7. The average molecular weight is 608 g/mol. The van der Waals surface area contributed by atoms with Gasteiger partial charge in [-0.1, -0.05) is 31.4 Å². The van der Waals surface area contributed by atoms with Crippen molar-refractivity contribution in [3.05, 3.63) is 52.6 Å². The van der Waals surface area contributed by atoms with Crippen molar-refractivity contribution < 1.29 is 28.6 Å². The van der Waals surface area contributed by atoms with Crippen LogP contribution in [0.2, 0.25) is 0 Å². The summed E-state index contributed by atoms with van der Waals surface area (Å²) in [6.45, 7) is 8.15. The molecule has 1 saturated carbocycles. The fourth-order valence-electron chi connectivity index (χ4n) is 6.28. The Bertz CT molecular complexity index is 1360. The van der Waals surface area contributed by atoms with Gasteiger partial charge in [0.15, 0.2) is 0 Å². The number of fused-ring (bicyclic) bond motifs is 1. The lowest BCUT2D eigenvalue weighted by atomic mass is 9.83. The fraction of sp³-hybridized carbons (Fsp3) is 0.571. The normalized spacial score (nSPS) is 15.8. The number of benzene rings is 2. The molecule has 9 heteroatoms. The Labute approximate surface area is 262 Å². The summed E-state index contributed by atoms with van der Waals surface area (Å²) >= 11 is 0. The minimum absolute atomic E-state index is 0.272. The fourth-order valence-corrected chi connectivity index (χ4v) is 6.28. The summed E-state index contributed by atoms with van der Waals surface area (Å²) in [6.07, 6.45) is 6.14.